The fourth-order valence-electron chi connectivity index (χ4n) is 7.23. The Morgan fingerprint density at radius 2 is 1.46 bits per heavy atom. The van der Waals surface area contributed by atoms with Gasteiger partial charge in [-0.15, -0.1) is 0 Å². The molecule has 0 saturated heterocycles. The summed E-state index contributed by atoms with van der Waals surface area (Å²) in [6, 6.07) is 35.0. The number of aromatic nitrogens is 5. The standard InChI is InChI=1S/C36H21N5/c1-2-8-22(9-3-1)40-31-15-14-24-23-10-5-4-7-21(23)19-28(24)32(31)25-12-13-27-33(34(25)40)26-11-6-17-38-35(26)41-30-16-18-37-20-29(30)39-36(27)41/h1-18,20H,19H2. The molecule has 0 aliphatic heterocycles. The summed E-state index contributed by atoms with van der Waals surface area (Å²) in [4.78, 5) is 14.4. The Morgan fingerprint density at radius 3 is 2.41 bits per heavy atom. The third kappa shape index (κ3) is 2.63. The lowest BCUT2D eigenvalue weighted by atomic mass is 9.99. The fourth-order valence-corrected chi connectivity index (χ4v) is 7.23. The highest BCUT2D eigenvalue weighted by Crippen LogP contribution is 2.47. The Hall–Kier alpha value is -5.55. The van der Waals surface area contributed by atoms with Crippen LogP contribution in [0.3, 0.4) is 0 Å². The quantitative estimate of drug-likeness (QED) is 0.204. The molecule has 0 bridgehead atoms. The molecule has 5 aromatic heterocycles. The lowest BCUT2D eigenvalue weighted by Gasteiger charge is -2.13. The van der Waals surface area contributed by atoms with Crippen molar-refractivity contribution in [2.75, 3.05) is 0 Å². The van der Waals surface area contributed by atoms with E-state index in [1.807, 2.05) is 30.7 Å². The smallest absolute Gasteiger partial charge is 0.147 e. The van der Waals surface area contributed by atoms with Crippen LogP contribution in [-0.2, 0) is 6.42 Å². The number of para-hydroxylation sites is 1. The van der Waals surface area contributed by atoms with Crippen LogP contribution in [0.25, 0.3) is 77.1 Å². The molecule has 4 aromatic carbocycles. The van der Waals surface area contributed by atoms with Crippen molar-refractivity contribution >= 4 is 60.3 Å². The molecule has 1 aliphatic carbocycles. The average molecular weight is 524 g/mol. The van der Waals surface area contributed by atoms with Gasteiger partial charge in [0.15, 0.2) is 0 Å². The molecule has 0 spiro atoms. The van der Waals surface area contributed by atoms with Crippen LogP contribution in [0.4, 0.5) is 0 Å². The highest BCUT2D eigenvalue weighted by Gasteiger charge is 2.26. The largest absolute Gasteiger partial charge is 0.309 e. The zero-order valence-electron chi connectivity index (χ0n) is 21.9. The molecule has 5 heterocycles. The second-order valence-electron chi connectivity index (χ2n) is 10.9. The fraction of sp³-hybridized carbons (Fsp3) is 0.0278. The SMILES string of the molecule is c1ccc(-n2c3ccc4c(c3c3ccc5c(c6cccnc6n6c7ccncc7nc56)c32)Cc2ccccc2-4)cc1. The second-order valence-corrected chi connectivity index (χ2v) is 10.9. The van der Waals surface area contributed by atoms with Gasteiger partial charge in [0.1, 0.15) is 16.8 Å². The van der Waals surface area contributed by atoms with Crippen molar-refractivity contribution < 1.29 is 0 Å². The van der Waals surface area contributed by atoms with E-state index < -0.39 is 0 Å². The number of rotatable bonds is 1. The van der Waals surface area contributed by atoms with Gasteiger partial charge in [0.05, 0.1) is 22.7 Å². The van der Waals surface area contributed by atoms with E-state index in [2.05, 4.69) is 98.9 Å². The lowest BCUT2D eigenvalue weighted by molar-refractivity contribution is 1.18. The van der Waals surface area contributed by atoms with Crippen molar-refractivity contribution in [1.82, 2.24) is 23.9 Å². The normalized spacial score (nSPS) is 12.8. The van der Waals surface area contributed by atoms with Gasteiger partial charge in [0, 0.05) is 45.0 Å². The van der Waals surface area contributed by atoms with Gasteiger partial charge in [0.25, 0.3) is 0 Å². The summed E-state index contributed by atoms with van der Waals surface area (Å²) in [5.74, 6) is 0. The van der Waals surface area contributed by atoms with Gasteiger partial charge in [0.2, 0.25) is 0 Å². The summed E-state index contributed by atoms with van der Waals surface area (Å²) >= 11 is 0. The van der Waals surface area contributed by atoms with E-state index in [0.29, 0.717) is 0 Å². The first kappa shape index (κ1) is 21.3. The van der Waals surface area contributed by atoms with Gasteiger partial charge in [-0.05, 0) is 71.1 Å². The van der Waals surface area contributed by atoms with E-state index in [-0.39, 0.29) is 0 Å². The molecule has 0 unspecified atom stereocenters. The number of fused-ring (bicyclic) bond motifs is 16. The van der Waals surface area contributed by atoms with Gasteiger partial charge in [-0.25, -0.2) is 9.97 Å². The number of hydrogen-bond acceptors (Lipinski definition) is 3. The van der Waals surface area contributed by atoms with E-state index in [9.17, 15) is 0 Å². The maximum absolute atomic E-state index is 5.09. The summed E-state index contributed by atoms with van der Waals surface area (Å²) in [6.45, 7) is 0. The first-order valence-electron chi connectivity index (χ1n) is 13.9. The number of hydrogen-bond donors (Lipinski definition) is 0. The molecule has 190 valence electrons. The minimum atomic E-state index is 0.867. The highest BCUT2D eigenvalue weighted by molar-refractivity contribution is 6.28. The van der Waals surface area contributed by atoms with E-state index >= 15 is 0 Å². The Balaban J connectivity index is 1.49. The molecule has 0 amide bonds. The van der Waals surface area contributed by atoms with Crippen molar-refractivity contribution in [2.24, 2.45) is 0 Å². The monoisotopic (exact) mass is 523 g/mol. The zero-order valence-corrected chi connectivity index (χ0v) is 21.9. The first-order chi connectivity index (χ1) is 20.4. The Kier molecular flexibility index (Phi) is 3.92. The molecule has 5 heteroatoms. The molecule has 0 radical (unpaired) electrons. The van der Waals surface area contributed by atoms with Crippen molar-refractivity contribution in [3.05, 3.63) is 127 Å². The van der Waals surface area contributed by atoms with Crippen molar-refractivity contribution in [3.63, 3.8) is 0 Å². The summed E-state index contributed by atoms with van der Waals surface area (Å²) in [5, 5.41) is 5.97. The van der Waals surface area contributed by atoms with Crippen LogP contribution < -0.4 is 0 Å². The topological polar surface area (TPSA) is 48.0 Å². The maximum atomic E-state index is 5.09. The van der Waals surface area contributed by atoms with E-state index in [1.165, 1.54) is 49.4 Å². The van der Waals surface area contributed by atoms with Gasteiger partial charge >= 0.3 is 0 Å². The van der Waals surface area contributed by atoms with E-state index in [1.54, 1.807) is 0 Å². The second kappa shape index (κ2) is 7.55. The van der Waals surface area contributed by atoms with Gasteiger partial charge in [-0.3, -0.25) is 9.38 Å². The summed E-state index contributed by atoms with van der Waals surface area (Å²) < 4.78 is 4.63. The molecule has 5 nitrogen and oxygen atoms in total. The molecular weight excluding hydrogens is 502 g/mol. The van der Waals surface area contributed by atoms with Crippen LogP contribution in [0, 0.1) is 0 Å². The minimum Gasteiger partial charge on any atom is -0.309 e. The number of nitrogens with zero attached hydrogens (tertiary/aromatic N) is 5. The summed E-state index contributed by atoms with van der Waals surface area (Å²) in [5.41, 5.74) is 12.7. The van der Waals surface area contributed by atoms with Crippen molar-refractivity contribution in [2.45, 2.75) is 6.42 Å². The first-order valence-corrected chi connectivity index (χ1v) is 13.9. The molecule has 1 aliphatic rings. The molecule has 0 atom stereocenters. The van der Waals surface area contributed by atoms with Crippen LogP contribution in [-0.4, -0.2) is 23.9 Å². The van der Waals surface area contributed by atoms with Crippen molar-refractivity contribution in [3.8, 4) is 16.8 Å². The van der Waals surface area contributed by atoms with Gasteiger partial charge < -0.3 is 4.57 Å². The summed E-state index contributed by atoms with van der Waals surface area (Å²) in [6.07, 6.45) is 6.47. The predicted octanol–water partition coefficient (Wildman–Crippen LogP) is 8.25. The van der Waals surface area contributed by atoms with Gasteiger partial charge in [-0.1, -0.05) is 54.6 Å². The van der Waals surface area contributed by atoms with Gasteiger partial charge in [-0.2, -0.15) is 0 Å². The highest BCUT2D eigenvalue weighted by atomic mass is 15.1. The molecule has 0 saturated carbocycles. The number of pyridine rings is 3. The third-order valence-corrected chi connectivity index (χ3v) is 8.86. The molecule has 0 N–H and O–H groups in total. The van der Waals surface area contributed by atoms with E-state index in [0.717, 1.165) is 45.2 Å². The number of benzene rings is 4. The molecule has 0 fully saturated rings. The van der Waals surface area contributed by atoms with Crippen LogP contribution in [0.1, 0.15) is 11.1 Å². The van der Waals surface area contributed by atoms with E-state index in [4.69, 9.17) is 9.97 Å². The van der Waals surface area contributed by atoms with Crippen LogP contribution >= 0.6 is 0 Å². The zero-order chi connectivity index (χ0) is 26.7. The molecule has 41 heavy (non-hydrogen) atoms. The molecule has 9 aromatic rings. The lowest BCUT2D eigenvalue weighted by Crippen LogP contribution is -1.97. The summed E-state index contributed by atoms with van der Waals surface area (Å²) in [7, 11) is 0. The van der Waals surface area contributed by atoms with Crippen LogP contribution in [0.2, 0.25) is 0 Å². The van der Waals surface area contributed by atoms with Crippen molar-refractivity contribution in [1.29, 1.82) is 0 Å². The third-order valence-electron chi connectivity index (χ3n) is 8.86. The molecule has 10 rings (SSSR count). The Morgan fingerprint density at radius 1 is 0.610 bits per heavy atom. The maximum Gasteiger partial charge on any atom is 0.147 e. The predicted molar refractivity (Wildman–Crippen MR) is 166 cm³/mol. The number of imidazole rings is 1. The molecular formula is C36H21N5. The Bertz CT molecular complexity index is 2550. The van der Waals surface area contributed by atoms with Crippen LogP contribution in [0.15, 0.2) is 116 Å². The van der Waals surface area contributed by atoms with Crippen LogP contribution in [0.5, 0.6) is 0 Å². The minimum absolute atomic E-state index is 0.867. The Labute approximate surface area is 234 Å². The average Bonchev–Trinajstić information content (AvgIpc) is 3.71.